The fourth-order valence-electron chi connectivity index (χ4n) is 8.90. The molecule has 278 valence electrons. The number of furan rings is 2. The van der Waals surface area contributed by atoms with Crippen molar-refractivity contribution in [3.63, 3.8) is 0 Å². The molecule has 0 amide bonds. The lowest BCUT2D eigenvalue weighted by molar-refractivity contribution is 0.659. The lowest BCUT2D eigenvalue weighted by atomic mass is 9.82. The summed E-state index contributed by atoms with van der Waals surface area (Å²) in [5.41, 5.74) is 13.6. The van der Waals surface area contributed by atoms with Crippen LogP contribution in [0, 0.1) is 0 Å². The van der Waals surface area contributed by atoms with Crippen molar-refractivity contribution >= 4 is 44.0 Å². The molecule has 0 radical (unpaired) electrons. The van der Waals surface area contributed by atoms with Gasteiger partial charge in [0.2, 0.25) is 0 Å². The molecule has 11 aromatic rings. The van der Waals surface area contributed by atoms with Gasteiger partial charge in [0.25, 0.3) is 0 Å². The highest BCUT2D eigenvalue weighted by Gasteiger charge is 2.35. The van der Waals surface area contributed by atoms with Crippen molar-refractivity contribution < 1.29 is 8.83 Å². The Balaban J connectivity index is 1.07. The lowest BCUT2D eigenvalue weighted by Crippen LogP contribution is -2.14. The van der Waals surface area contributed by atoms with Crippen LogP contribution >= 0.6 is 0 Å². The highest BCUT2D eigenvalue weighted by atomic mass is 16.3. The van der Waals surface area contributed by atoms with Crippen LogP contribution in [0.4, 0.5) is 0 Å². The third kappa shape index (κ3) is 5.11. The predicted octanol–water partition coefficient (Wildman–Crippen LogP) is 13.1. The standard InChI is InChI=1S/C52H33N5O2/c1-52(2)39-24-11-9-19-33(39)34-28-27-32(29-40(34)52)44-47-45(35-20-10-12-25-41(35)58-47)54-51(53-44)38-23-13-21-36-43-37(22-14-26-42(43)59-46(36)38)50-56-48(30-15-5-3-6-16-30)55-49(57-50)31-17-7-4-8-18-31/h3-29H,1-2H3. The van der Waals surface area contributed by atoms with Crippen LogP contribution in [0.15, 0.2) is 173 Å². The Labute approximate surface area is 338 Å². The summed E-state index contributed by atoms with van der Waals surface area (Å²) in [4.78, 5) is 25.7. The van der Waals surface area contributed by atoms with E-state index in [1.54, 1.807) is 0 Å². The molecule has 4 aromatic heterocycles. The summed E-state index contributed by atoms with van der Waals surface area (Å²) in [6.45, 7) is 4.59. The van der Waals surface area contributed by atoms with Gasteiger partial charge in [-0.3, -0.25) is 0 Å². The van der Waals surface area contributed by atoms with Gasteiger partial charge >= 0.3 is 0 Å². The quantitative estimate of drug-likeness (QED) is 0.172. The summed E-state index contributed by atoms with van der Waals surface area (Å²) in [5, 5.41) is 2.75. The number of fused-ring (bicyclic) bond motifs is 9. The van der Waals surface area contributed by atoms with Crippen LogP contribution in [-0.4, -0.2) is 24.9 Å². The van der Waals surface area contributed by atoms with Crippen LogP contribution in [0.25, 0.3) is 112 Å². The Bertz CT molecular complexity index is 3420. The van der Waals surface area contributed by atoms with Crippen LogP contribution in [0.2, 0.25) is 0 Å². The first-order valence-electron chi connectivity index (χ1n) is 19.8. The third-order valence-corrected chi connectivity index (χ3v) is 11.8. The fourth-order valence-corrected chi connectivity index (χ4v) is 8.90. The van der Waals surface area contributed by atoms with Gasteiger partial charge in [-0.05, 0) is 52.6 Å². The van der Waals surface area contributed by atoms with E-state index >= 15 is 0 Å². The summed E-state index contributed by atoms with van der Waals surface area (Å²) >= 11 is 0. The van der Waals surface area contributed by atoms with Crippen LogP contribution in [-0.2, 0) is 5.41 Å². The van der Waals surface area contributed by atoms with Gasteiger partial charge in [-0.25, -0.2) is 24.9 Å². The second-order valence-corrected chi connectivity index (χ2v) is 15.6. The summed E-state index contributed by atoms with van der Waals surface area (Å²) in [6, 6.07) is 55.6. The molecule has 7 nitrogen and oxygen atoms in total. The Morgan fingerprint density at radius 1 is 0.390 bits per heavy atom. The van der Waals surface area contributed by atoms with Gasteiger partial charge < -0.3 is 8.83 Å². The maximum atomic E-state index is 6.81. The highest BCUT2D eigenvalue weighted by molar-refractivity contribution is 6.15. The molecule has 12 rings (SSSR count). The Morgan fingerprint density at radius 2 is 0.966 bits per heavy atom. The molecule has 0 fully saturated rings. The van der Waals surface area contributed by atoms with Crippen LogP contribution < -0.4 is 0 Å². The third-order valence-electron chi connectivity index (χ3n) is 11.8. The largest absolute Gasteiger partial charge is 0.455 e. The van der Waals surface area contributed by atoms with Crippen LogP contribution in [0.3, 0.4) is 0 Å². The minimum atomic E-state index is -0.176. The van der Waals surface area contributed by atoms with E-state index < -0.39 is 0 Å². The van der Waals surface area contributed by atoms with Gasteiger partial charge in [-0.1, -0.05) is 147 Å². The van der Waals surface area contributed by atoms with Gasteiger partial charge in [0, 0.05) is 43.8 Å². The zero-order valence-electron chi connectivity index (χ0n) is 32.1. The maximum absolute atomic E-state index is 6.81. The molecule has 59 heavy (non-hydrogen) atoms. The second kappa shape index (κ2) is 12.6. The van der Waals surface area contributed by atoms with E-state index in [2.05, 4.69) is 74.5 Å². The number of nitrogens with zero attached hydrogens (tertiary/aromatic N) is 5. The van der Waals surface area contributed by atoms with Crippen molar-refractivity contribution in [3.8, 4) is 67.9 Å². The Hall–Kier alpha value is -7.77. The summed E-state index contributed by atoms with van der Waals surface area (Å²) in [5.74, 6) is 2.30. The molecule has 0 N–H and O–H groups in total. The molecule has 1 aliphatic carbocycles. The monoisotopic (exact) mass is 759 g/mol. The molecule has 7 aromatic carbocycles. The van der Waals surface area contributed by atoms with Crippen LogP contribution in [0.1, 0.15) is 25.0 Å². The first-order chi connectivity index (χ1) is 29.0. The average Bonchev–Trinajstić information content (AvgIpc) is 3.94. The molecule has 0 unspecified atom stereocenters. The number of aromatic nitrogens is 5. The minimum absolute atomic E-state index is 0.176. The maximum Gasteiger partial charge on any atom is 0.180 e. The second-order valence-electron chi connectivity index (χ2n) is 15.6. The number of para-hydroxylation sites is 2. The van der Waals surface area contributed by atoms with E-state index in [0.717, 1.165) is 60.8 Å². The smallest absolute Gasteiger partial charge is 0.180 e. The molecule has 0 spiro atoms. The molecule has 0 atom stereocenters. The van der Waals surface area contributed by atoms with Crippen molar-refractivity contribution in [1.82, 2.24) is 24.9 Å². The van der Waals surface area contributed by atoms with E-state index in [1.807, 2.05) is 103 Å². The highest BCUT2D eigenvalue weighted by Crippen LogP contribution is 2.50. The van der Waals surface area contributed by atoms with E-state index in [-0.39, 0.29) is 5.41 Å². The molecule has 0 aliphatic heterocycles. The molecular weight excluding hydrogens is 727 g/mol. The topological polar surface area (TPSA) is 90.7 Å². The van der Waals surface area contributed by atoms with Gasteiger partial charge in [0.15, 0.2) is 28.9 Å². The normalized spacial score (nSPS) is 13.1. The van der Waals surface area contributed by atoms with E-state index in [1.165, 1.54) is 22.3 Å². The van der Waals surface area contributed by atoms with E-state index in [0.29, 0.717) is 40.0 Å². The molecule has 0 bridgehead atoms. The predicted molar refractivity (Wildman–Crippen MR) is 235 cm³/mol. The van der Waals surface area contributed by atoms with Crippen molar-refractivity contribution in [1.29, 1.82) is 0 Å². The number of benzene rings is 7. The van der Waals surface area contributed by atoms with Crippen molar-refractivity contribution in [2.45, 2.75) is 19.3 Å². The van der Waals surface area contributed by atoms with E-state index in [4.69, 9.17) is 33.8 Å². The molecule has 1 aliphatic rings. The molecule has 0 saturated heterocycles. The van der Waals surface area contributed by atoms with Crippen molar-refractivity contribution in [2.24, 2.45) is 0 Å². The van der Waals surface area contributed by atoms with Gasteiger partial charge in [-0.2, -0.15) is 0 Å². The first-order valence-corrected chi connectivity index (χ1v) is 19.8. The summed E-state index contributed by atoms with van der Waals surface area (Å²) in [6.07, 6.45) is 0. The molecule has 4 heterocycles. The number of hydrogen-bond acceptors (Lipinski definition) is 7. The molecule has 7 heteroatoms. The number of rotatable bonds is 5. The van der Waals surface area contributed by atoms with Crippen LogP contribution in [0.5, 0.6) is 0 Å². The fraction of sp³-hybridized carbons (Fsp3) is 0.0577. The van der Waals surface area contributed by atoms with Crippen molar-refractivity contribution in [3.05, 3.63) is 175 Å². The Morgan fingerprint density at radius 3 is 1.76 bits per heavy atom. The number of hydrogen-bond donors (Lipinski definition) is 0. The molecule has 0 saturated carbocycles. The van der Waals surface area contributed by atoms with Gasteiger partial charge in [-0.15, -0.1) is 0 Å². The molecular formula is C52H33N5O2. The first kappa shape index (κ1) is 33.4. The van der Waals surface area contributed by atoms with Gasteiger partial charge in [0.05, 0.1) is 5.56 Å². The average molecular weight is 760 g/mol. The summed E-state index contributed by atoms with van der Waals surface area (Å²) in [7, 11) is 0. The zero-order valence-corrected chi connectivity index (χ0v) is 32.1. The SMILES string of the molecule is CC1(C)c2ccccc2-c2ccc(-c3nc(-c4cccc5c4oc4cccc(-c6nc(-c7ccccc7)nc(-c7ccccc7)n6)c45)nc4c3oc3ccccc34)cc21. The Kier molecular flexibility index (Phi) is 7.14. The minimum Gasteiger partial charge on any atom is -0.455 e. The lowest BCUT2D eigenvalue weighted by Gasteiger charge is -2.21. The van der Waals surface area contributed by atoms with Gasteiger partial charge in [0.1, 0.15) is 28.0 Å². The summed E-state index contributed by atoms with van der Waals surface area (Å²) < 4.78 is 13.4. The van der Waals surface area contributed by atoms with E-state index in [9.17, 15) is 0 Å². The van der Waals surface area contributed by atoms with Crippen molar-refractivity contribution in [2.75, 3.05) is 0 Å². The zero-order chi connectivity index (χ0) is 39.2.